The summed E-state index contributed by atoms with van der Waals surface area (Å²) in [5.41, 5.74) is 6.44. The van der Waals surface area contributed by atoms with Crippen LogP contribution in [0.2, 0.25) is 0 Å². The average Bonchev–Trinajstić information content (AvgIpc) is 2.80. The monoisotopic (exact) mass is 526 g/mol. The molecule has 0 bridgehead atoms. The van der Waals surface area contributed by atoms with E-state index in [9.17, 15) is 34.5 Å². The highest BCUT2D eigenvalue weighted by atomic mass is 32.2. The van der Waals surface area contributed by atoms with Crippen LogP contribution in [-0.4, -0.2) is 81.3 Å². The van der Waals surface area contributed by atoms with Gasteiger partial charge in [-0.05, 0) is 55.4 Å². The lowest BCUT2D eigenvalue weighted by Gasteiger charge is -2.27. The first-order valence-corrected chi connectivity index (χ1v) is 13.1. The number of aliphatic carboxylic acids is 1. The Morgan fingerprint density at radius 1 is 0.944 bits per heavy atom. The van der Waals surface area contributed by atoms with E-state index in [0.29, 0.717) is 17.7 Å². The van der Waals surface area contributed by atoms with Crippen molar-refractivity contribution in [2.45, 2.75) is 70.3 Å². The largest absolute Gasteiger partial charge is 0.508 e. The van der Waals surface area contributed by atoms with Gasteiger partial charge in [0.25, 0.3) is 0 Å². The molecule has 0 aliphatic carbocycles. The lowest BCUT2D eigenvalue weighted by molar-refractivity contribution is -0.143. The fourth-order valence-corrected chi connectivity index (χ4v) is 3.83. The molecule has 5 unspecified atom stereocenters. The second kappa shape index (κ2) is 15.3. The molecular formula is C24H38N4O7S. The number of rotatable bonds is 15. The van der Waals surface area contributed by atoms with Gasteiger partial charge in [0.2, 0.25) is 17.7 Å². The first-order chi connectivity index (χ1) is 16.8. The summed E-state index contributed by atoms with van der Waals surface area (Å²) in [6.45, 7) is 4.95. The number of nitrogens with one attached hydrogen (secondary N) is 3. The van der Waals surface area contributed by atoms with Crippen LogP contribution < -0.4 is 21.7 Å². The van der Waals surface area contributed by atoms with Crippen LogP contribution in [-0.2, 0) is 25.6 Å². The number of carbonyl (C=O) groups is 4. The summed E-state index contributed by atoms with van der Waals surface area (Å²) in [4.78, 5) is 50.2. The number of hydrogen-bond donors (Lipinski definition) is 7. The Morgan fingerprint density at radius 2 is 1.53 bits per heavy atom. The highest BCUT2D eigenvalue weighted by Gasteiger charge is 2.32. The van der Waals surface area contributed by atoms with Crippen molar-refractivity contribution >= 4 is 35.5 Å². The molecule has 5 atom stereocenters. The van der Waals surface area contributed by atoms with E-state index in [4.69, 9.17) is 5.73 Å². The number of carboxylic acids is 1. The molecule has 36 heavy (non-hydrogen) atoms. The van der Waals surface area contributed by atoms with E-state index >= 15 is 0 Å². The number of phenols is 1. The van der Waals surface area contributed by atoms with Gasteiger partial charge in [0.05, 0.1) is 12.1 Å². The van der Waals surface area contributed by atoms with Crippen molar-refractivity contribution in [3.63, 3.8) is 0 Å². The number of thioether (sulfide) groups is 1. The molecular weight excluding hydrogens is 488 g/mol. The summed E-state index contributed by atoms with van der Waals surface area (Å²) < 4.78 is 0. The maximum Gasteiger partial charge on any atom is 0.326 e. The van der Waals surface area contributed by atoms with E-state index in [1.165, 1.54) is 30.8 Å². The lowest BCUT2D eigenvalue weighted by atomic mass is 10.0. The van der Waals surface area contributed by atoms with Crippen molar-refractivity contribution in [2.75, 3.05) is 12.0 Å². The number of phenolic OH excluding ortho intramolecular Hbond substituents is 1. The van der Waals surface area contributed by atoms with Crippen molar-refractivity contribution in [1.82, 2.24) is 16.0 Å². The first kappa shape index (κ1) is 31.2. The summed E-state index contributed by atoms with van der Waals surface area (Å²) in [7, 11) is 0. The van der Waals surface area contributed by atoms with Crippen LogP contribution in [0, 0.1) is 5.92 Å². The molecule has 11 nitrogen and oxygen atoms in total. The first-order valence-electron chi connectivity index (χ1n) is 11.7. The van der Waals surface area contributed by atoms with Gasteiger partial charge in [0.15, 0.2) is 0 Å². The van der Waals surface area contributed by atoms with E-state index in [1.807, 2.05) is 20.1 Å². The number of aromatic hydroxyl groups is 1. The van der Waals surface area contributed by atoms with Gasteiger partial charge in [-0.1, -0.05) is 26.0 Å². The second-order valence-corrected chi connectivity index (χ2v) is 10.1. The summed E-state index contributed by atoms with van der Waals surface area (Å²) in [5.74, 6) is -2.76. The molecule has 202 valence electrons. The van der Waals surface area contributed by atoms with E-state index in [0.717, 1.165) is 0 Å². The topological polar surface area (TPSA) is 191 Å². The minimum absolute atomic E-state index is 0.0123. The van der Waals surface area contributed by atoms with Crippen LogP contribution in [0.1, 0.15) is 39.2 Å². The third-order valence-electron chi connectivity index (χ3n) is 5.36. The maximum atomic E-state index is 13.1. The van der Waals surface area contributed by atoms with Crippen molar-refractivity contribution < 1.29 is 34.5 Å². The van der Waals surface area contributed by atoms with E-state index in [2.05, 4.69) is 16.0 Å². The highest BCUT2D eigenvalue weighted by Crippen LogP contribution is 2.13. The smallest absolute Gasteiger partial charge is 0.326 e. The van der Waals surface area contributed by atoms with Crippen molar-refractivity contribution in [1.29, 1.82) is 0 Å². The normalized spacial score (nSPS) is 15.3. The summed E-state index contributed by atoms with van der Waals surface area (Å²) >= 11 is 1.51. The molecule has 8 N–H and O–H groups in total. The van der Waals surface area contributed by atoms with Gasteiger partial charge in [-0.3, -0.25) is 14.4 Å². The zero-order valence-electron chi connectivity index (χ0n) is 21.1. The zero-order chi connectivity index (χ0) is 27.4. The van der Waals surface area contributed by atoms with Gasteiger partial charge in [0, 0.05) is 6.42 Å². The Balaban J connectivity index is 3.10. The van der Waals surface area contributed by atoms with Crippen molar-refractivity contribution in [2.24, 2.45) is 11.7 Å². The zero-order valence-corrected chi connectivity index (χ0v) is 21.9. The van der Waals surface area contributed by atoms with Gasteiger partial charge >= 0.3 is 5.97 Å². The quantitative estimate of drug-likeness (QED) is 0.165. The molecule has 0 aliphatic rings. The predicted molar refractivity (Wildman–Crippen MR) is 137 cm³/mol. The number of carboxylic acid groups (broad SMARTS) is 1. The minimum atomic E-state index is -1.39. The number of amides is 3. The molecule has 1 rings (SSSR count). The van der Waals surface area contributed by atoms with Gasteiger partial charge in [0.1, 0.15) is 23.9 Å². The molecule has 1 aromatic carbocycles. The molecule has 0 aromatic heterocycles. The van der Waals surface area contributed by atoms with E-state index in [1.54, 1.807) is 12.1 Å². The molecule has 1 aromatic rings. The summed E-state index contributed by atoms with van der Waals surface area (Å²) in [5, 5.41) is 36.6. The van der Waals surface area contributed by atoms with Crippen LogP contribution >= 0.6 is 11.8 Å². The Kier molecular flexibility index (Phi) is 13.3. The molecule has 0 aliphatic heterocycles. The molecule has 0 spiro atoms. The molecule has 3 amide bonds. The Bertz CT molecular complexity index is 880. The maximum absolute atomic E-state index is 13.1. The number of benzene rings is 1. The standard InChI is InChI=1S/C24H38N4O7S/c1-13(2)11-19(24(34)35)27-22(32)18(12-15-5-7-16(30)8-6-15)26-23(33)20(14(3)29)28-21(31)17(25)9-10-36-4/h5-8,13-14,17-20,29-30H,9-12,25H2,1-4H3,(H,26,33)(H,27,32)(H,28,31)(H,34,35). The molecule has 0 saturated heterocycles. The second-order valence-electron chi connectivity index (χ2n) is 9.08. The number of hydrogen-bond acceptors (Lipinski definition) is 8. The van der Waals surface area contributed by atoms with E-state index < -0.39 is 54.0 Å². The molecule has 0 radical (unpaired) electrons. The van der Waals surface area contributed by atoms with Gasteiger partial charge in [-0.25, -0.2) is 4.79 Å². The van der Waals surface area contributed by atoms with Crippen LogP contribution in [0.3, 0.4) is 0 Å². The van der Waals surface area contributed by atoms with Crippen LogP contribution in [0.4, 0.5) is 0 Å². The number of carbonyl (C=O) groups excluding carboxylic acids is 3. The Labute approximate surface area is 215 Å². The highest BCUT2D eigenvalue weighted by molar-refractivity contribution is 7.98. The van der Waals surface area contributed by atoms with Gasteiger partial charge < -0.3 is 37.0 Å². The van der Waals surface area contributed by atoms with Gasteiger partial charge in [-0.2, -0.15) is 11.8 Å². The average molecular weight is 527 g/mol. The third-order valence-corrected chi connectivity index (χ3v) is 6.01. The molecule has 0 fully saturated rings. The fourth-order valence-electron chi connectivity index (χ4n) is 3.35. The molecule has 12 heteroatoms. The number of aliphatic hydroxyl groups is 1. The van der Waals surface area contributed by atoms with Gasteiger partial charge in [-0.15, -0.1) is 0 Å². The van der Waals surface area contributed by atoms with Crippen molar-refractivity contribution in [3.05, 3.63) is 29.8 Å². The van der Waals surface area contributed by atoms with Crippen LogP contribution in [0.25, 0.3) is 0 Å². The predicted octanol–water partition coefficient (Wildman–Crippen LogP) is -0.0190. The lowest BCUT2D eigenvalue weighted by Crippen LogP contribution is -2.60. The summed E-state index contributed by atoms with van der Waals surface area (Å²) in [6, 6.07) is 1.29. The van der Waals surface area contributed by atoms with Crippen LogP contribution in [0.15, 0.2) is 24.3 Å². The number of aliphatic hydroxyl groups excluding tert-OH is 1. The Morgan fingerprint density at radius 3 is 2.03 bits per heavy atom. The Hall–Kier alpha value is -2.83. The minimum Gasteiger partial charge on any atom is -0.508 e. The number of nitrogens with two attached hydrogens (primary N) is 1. The van der Waals surface area contributed by atoms with Crippen molar-refractivity contribution in [3.8, 4) is 5.75 Å². The SMILES string of the molecule is CSCCC(N)C(=O)NC(C(=O)NC(Cc1ccc(O)cc1)C(=O)NC(CC(C)C)C(=O)O)C(C)O. The fraction of sp³-hybridized carbons (Fsp3) is 0.583. The van der Waals surface area contributed by atoms with E-state index in [-0.39, 0.29) is 24.5 Å². The third kappa shape index (κ3) is 10.8. The summed E-state index contributed by atoms with van der Waals surface area (Å²) in [6.07, 6.45) is 1.10. The molecule has 0 saturated carbocycles. The molecule has 0 heterocycles. The van der Waals surface area contributed by atoms with Crippen LogP contribution in [0.5, 0.6) is 5.75 Å².